The number of carboxylic acid groups (broad SMARTS) is 1. The number of nitrogens with two attached hydrogens (primary N) is 1. The zero-order valence-corrected chi connectivity index (χ0v) is 11.8. The molecule has 0 fully saturated rings. The number of rotatable bonds is 3. The van der Waals surface area contributed by atoms with Gasteiger partial charge in [0.05, 0.1) is 27.0 Å². The molecule has 0 atom stereocenters. The second-order valence-corrected chi connectivity index (χ2v) is 4.91. The molecule has 2 aromatic rings. The fourth-order valence-corrected chi connectivity index (χ4v) is 2.23. The quantitative estimate of drug-likeness (QED) is 0.732. The van der Waals surface area contributed by atoms with E-state index in [2.05, 4.69) is 5.32 Å². The molecule has 0 amide bonds. The molecule has 2 aromatic carbocycles. The summed E-state index contributed by atoms with van der Waals surface area (Å²) in [6, 6.07) is 3.95. The minimum atomic E-state index is -1.31. The number of benzene rings is 2. The highest BCUT2D eigenvalue weighted by molar-refractivity contribution is 6.35. The maximum atomic E-state index is 13.7. The van der Waals surface area contributed by atoms with Crippen molar-refractivity contribution in [3.63, 3.8) is 0 Å². The Hall–Kier alpha value is -2.05. The summed E-state index contributed by atoms with van der Waals surface area (Å²) in [5.41, 5.74) is 5.01. The second kappa shape index (κ2) is 5.75. The summed E-state index contributed by atoms with van der Waals surface area (Å²) < 4.78 is 26.7. The lowest BCUT2D eigenvalue weighted by atomic mass is 10.1. The Bertz CT molecular complexity index is 715. The zero-order chi connectivity index (χ0) is 15.7. The van der Waals surface area contributed by atoms with Gasteiger partial charge in [-0.1, -0.05) is 23.2 Å². The summed E-state index contributed by atoms with van der Waals surface area (Å²) in [5.74, 6) is -3.15. The first-order chi connectivity index (χ1) is 9.79. The van der Waals surface area contributed by atoms with Crippen LogP contribution in [0.2, 0.25) is 10.0 Å². The lowest BCUT2D eigenvalue weighted by Crippen LogP contribution is -2.06. The monoisotopic (exact) mass is 332 g/mol. The fourth-order valence-electron chi connectivity index (χ4n) is 1.71. The summed E-state index contributed by atoms with van der Waals surface area (Å²) in [6.07, 6.45) is 0. The third-order valence-electron chi connectivity index (χ3n) is 2.60. The van der Waals surface area contributed by atoms with E-state index in [1.54, 1.807) is 0 Å². The number of nitrogens with one attached hydrogen (secondary N) is 1. The number of halogens is 4. The lowest BCUT2D eigenvalue weighted by molar-refractivity contribution is 0.0698. The Morgan fingerprint density at radius 1 is 1.10 bits per heavy atom. The van der Waals surface area contributed by atoms with E-state index in [-0.39, 0.29) is 32.7 Å². The van der Waals surface area contributed by atoms with Crippen molar-refractivity contribution in [2.24, 2.45) is 0 Å². The van der Waals surface area contributed by atoms with E-state index < -0.39 is 17.6 Å². The van der Waals surface area contributed by atoms with Crippen LogP contribution in [-0.4, -0.2) is 11.1 Å². The molecular weight excluding hydrogens is 325 g/mol. The zero-order valence-electron chi connectivity index (χ0n) is 10.3. The molecule has 4 nitrogen and oxygen atoms in total. The summed E-state index contributed by atoms with van der Waals surface area (Å²) in [4.78, 5) is 11.2. The topological polar surface area (TPSA) is 75.3 Å². The van der Waals surface area contributed by atoms with Gasteiger partial charge in [-0.25, -0.2) is 13.6 Å². The van der Waals surface area contributed by atoms with E-state index in [1.807, 2.05) is 0 Å². The SMILES string of the molecule is Nc1cc(Cl)c(Nc2c(F)cc(F)cc2Cl)c(C(=O)O)c1. The molecule has 0 aliphatic heterocycles. The molecular formula is C13H8Cl2F2N2O2. The maximum Gasteiger partial charge on any atom is 0.337 e. The van der Waals surface area contributed by atoms with Gasteiger partial charge in [0.1, 0.15) is 5.82 Å². The minimum Gasteiger partial charge on any atom is -0.478 e. The molecule has 4 N–H and O–H groups in total. The first-order valence-electron chi connectivity index (χ1n) is 5.53. The number of anilines is 3. The van der Waals surface area contributed by atoms with Crippen molar-refractivity contribution in [3.8, 4) is 0 Å². The van der Waals surface area contributed by atoms with Crippen molar-refractivity contribution >= 4 is 46.2 Å². The van der Waals surface area contributed by atoms with E-state index in [9.17, 15) is 13.6 Å². The van der Waals surface area contributed by atoms with Crippen LogP contribution in [0, 0.1) is 11.6 Å². The summed E-state index contributed by atoms with van der Waals surface area (Å²) in [7, 11) is 0. The normalized spacial score (nSPS) is 10.5. The van der Waals surface area contributed by atoms with Crippen molar-refractivity contribution in [2.45, 2.75) is 0 Å². The van der Waals surface area contributed by atoms with Crippen LogP contribution in [0.3, 0.4) is 0 Å². The molecule has 0 aromatic heterocycles. The predicted molar refractivity (Wildman–Crippen MR) is 77.5 cm³/mol. The van der Waals surface area contributed by atoms with E-state index in [0.29, 0.717) is 6.07 Å². The molecule has 110 valence electrons. The van der Waals surface area contributed by atoms with Gasteiger partial charge in [-0.15, -0.1) is 0 Å². The molecule has 0 aliphatic carbocycles. The lowest BCUT2D eigenvalue weighted by Gasteiger charge is -2.14. The van der Waals surface area contributed by atoms with E-state index in [4.69, 9.17) is 34.0 Å². The van der Waals surface area contributed by atoms with Crippen LogP contribution < -0.4 is 11.1 Å². The van der Waals surface area contributed by atoms with Crippen LogP contribution in [-0.2, 0) is 0 Å². The Labute approximate surface area is 128 Å². The minimum absolute atomic E-state index is 0.0350. The van der Waals surface area contributed by atoms with Gasteiger partial charge in [0.15, 0.2) is 5.82 Å². The van der Waals surface area contributed by atoms with Gasteiger partial charge in [0.2, 0.25) is 0 Å². The third kappa shape index (κ3) is 3.17. The highest BCUT2D eigenvalue weighted by Crippen LogP contribution is 2.35. The second-order valence-electron chi connectivity index (χ2n) is 4.10. The Kier molecular flexibility index (Phi) is 4.20. The van der Waals surface area contributed by atoms with Crippen LogP contribution in [0.15, 0.2) is 24.3 Å². The van der Waals surface area contributed by atoms with Crippen molar-refractivity contribution in [1.29, 1.82) is 0 Å². The van der Waals surface area contributed by atoms with Gasteiger partial charge in [-0.2, -0.15) is 0 Å². The van der Waals surface area contributed by atoms with Crippen molar-refractivity contribution in [3.05, 3.63) is 51.5 Å². The van der Waals surface area contributed by atoms with E-state index in [0.717, 1.165) is 12.1 Å². The third-order valence-corrected chi connectivity index (χ3v) is 3.20. The van der Waals surface area contributed by atoms with E-state index >= 15 is 0 Å². The van der Waals surface area contributed by atoms with Crippen LogP contribution >= 0.6 is 23.2 Å². The first kappa shape index (κ1) is 15.3. The Morgan fingerprint density at radius 2 is 1.71 bits per heavy atom. The molecule has 21 heavy (non-hydrogen) atoms. The molecule has 0 bridgehead atoms. The maximum absolute atomic E-state index is 13.7. The summed E-state index contributed by atoms with van der Waals surface area (Å²) in [6.45, 7) is 0. The molecule has 0 unspecified atom stereocenters. The molecule has 0 aliphatic rings. The molecule has 0 saturated carbocycles. The number of carboxylic acids is 1. The number of nitrogen functional groups attached to an aromatic ring is 1. The molecule has 0 saturated heterocycles. The number of hydrogen-bond donors (Lipinski definition) is 3. The molecule has 0 radical (unpaired) electrons. The van der Waals surface area contributed by atoms with Gasteiger partial charge >= 0.3 is 5.97 Å². The number of carbonyl (C=O) groups is 1. The Balaban J connectivity index is 2.57. The smallest absolute Gasteiger partial charge is 0.337 e. The molecule has 8 heteroatoms. The van der Waals surface area contributed by atoms with Gasteiger partial charge in [-0.3, -0.25) is 0 Å². The van der Waals surface area contributed by atoms with Crippen LogP contribution in [0.1, 0.15) is 10.4 Å². The van der Waals surface area contributed by atoms with Gasteiger partial charge in [-0.05, 0) is 18.2 Å². The van der Waals surface area contributed by atoms with Crippen molar-refractivity contribution in [1.82, 2.24) is 0 Å². The molecule has 0 spiro atoms. The summed E-state index contributed by atoms with van der Waals surface area (Å²) in [5, 5.41) is 11.3. The standard InChI is InChI=1S/C13H8Cl2F2N2O2/c14-8-1-5(16)2-10(17)12(8)19-11-7(13(20)21)3-6(18)4-9(11)15/h1-4,19H,18H2,(H,20,21). The average Bonchev–Trinajstić information content (AvgIpc) is 2.34. The number of hydrogen-bond acceptors (Lipinski definition) is 3. The van der Waals surface area contributed by atoms with E-state index in [1.165, 1.54) is 6.07 Å². The number of aromatic carboxylic acids is 1. The predicted octanol–water partition coefficient (Wildman–Crippen LogP) is 4.30. The van der Waals surface area contributed by atoms with Crippen molar-refractivity contribution < 1.29 is 18.7 Å². The molecule has 2 rings (SSSR count). The molecule has 0 heterocycles. The fraction of sp³-hybridized carbons (Fsp3) is 0. The van der Waals surface area contributed by atoms with Crippen molar-refractivity contribution in [2.75, 3.05) is 11.1 Å². The first-order valence-corrected chi connectivity index (χ1v) is 6.29. The van der Waals surface area contributed by atoms with Crippen LogP contribution in [0.25, 0.3) is 0 Å². The van der Waals surface area contributed by atoms with Gasteiger partial charge in [0.25, 0.3) is 0 Å². The summed E-state index contributed by atoms with van der Waals surface area (Å²) >= 11 is 11.7. The highest BCUT2D eigenvalue weighted by Gasteiger charge is 2.18. The van der Waals surface area contributed by atoms with Gasteiger partial charge < -0.3 is 16.2 Å². The highest BCUT2D eigenvalue weighted by atomic mass is 35.5. The van der Waals surface area contributed by atoms with Crippen LogP contribution in [0.4, 0.5) is 25.8 Å². The Morgan fingerprint density at radius 3 is 2.29 bits per heavy atom. The average molecular weight is 333 g/mol. The van der Waals surface area contributed by atoms with Gasteiger partial charge in [0, 0.05) is 11.8 Å². The largest absolute Gasteiger partial charge is 0.478 e. The van der Waals surface area contributed by atoms with Crippen LogP contribution in [0.5, 0.6) is 0 Å².